The van der Waals surface area contributed by atoms with Crippen molar-refractivity contribution in [3.8, 4) is 0 Å². The minimum Gasteiger partial charge on any atom is -0.409 e. The van der Waals surface area contributed by atoms with E-state index in [0.29, 0.717) is 18.2 Å². The maximum absolute atomic E-state index is 13.2. The van der Waals surface area contributed by atoms with Crippen molar-refractivity contribution in [3.63, 3.8) is 0 Å². The van der Waals surface area contributed by atoms with Crippen LogP contribution in [0.5, 0.6) is 0 Å². The fourth-order valence-electron chi connectivity index (χ4n) is 2.03. The number of hydrogen-bond acceptors (Lipinski definition) is 3. The zero-order valence-corrected chi connectivity index (χ0v) is 9.94. The SMILES string of the molecule is N/C(=N/O)c1cc(F)ccc1CNC1CC=CC1. The van der Waals surface area contributed by atoms with Gasteiger partial charge < -0.3 is 16.3 Å². The fraction of sp³-hybridized carbons (Fsp3) is 0.308. The predicted octanol–water partition coefficient (Wildman–Crippen LogP) is 1.73. The number of hydrogen-bond donors (Lipinski definition) is 3. The molecule has 0 saturated carbocycles. The van der Waals surface area contributed by atoms with Gasteiger partial charge in [-0.2, -0.15) is 0 Å². The summed E-state index contributed by atoms with van der Waals surface area (Å²) in [4.78, 5) is 0. The van der Waals surface area contributed by atoms with E-state index in [4.69, 9.17) is 10.9 Å². The van der Waals surface area contributed by atoms with Gasteiger partial charge in [0, 0.05) is 18.2 Å². The Morgan fingerprint density at radius 1 is 1.44 bits per heavy atom. The molecule has 0 fully saturated rings. The third kappa shape index (κ3) is 2.87. The van der Waals surface area contributed by atoms with Crippen LogP contribution in [0.3, 0.4) is 0 Å². The lowest BCUT2D eigenvalue weighted by Crippen LogP contribution is -2.27. The molecule has 4 N–H and O–H groups in total. The van der Waals surface area contributed by atoms with E-state index in [-0.39, 0.29) is 5.84 Å². The molecule has 0 atom stereocenters. The lowest BCUT2D eigenvalue weighted by atomic mass is 10.1. The predicted molar refractivity (Wildman–Crippen MR) is 67.9 cm³/mol. The zero-order chi connectivity index (χ0) is 13.0. The van der Waals surface area contributed by atoms with Gasteiger partial charge in [-0.15, -0.1) is 0 Å². The van der Waals surface area contributed by atoms with E-state index in [2.05, 4.69) is 22.6 Å². The van der Waals surface area contributed by atoms with Crippen molar-refractivity contribution < 1.29 is 9.60 Å². The van der Waals surface area contributed by atoms with E-state index in [1.54, 1.807) is 6.07 Å². The van der Waals surface area contributed by atoms with Crippen LogP contribution in [0, 0.1) is 5.82 Å². The second kappa shape index (κ2) is 5.64. The lowest BCUT2D eigenvalue weighted by molar-refractivity contribution is 0.318. The van der Waals surface area contributed by atoms with Crippen molar-refractivity contribution in [1.82, 2.24) is 5.32 Å². The van der Waals surface area contributed by atoms with E-state index in [1.807, 2.05) is 0 Å². The lowest BCUT2D eigenvalue weighted by Gasteiger charge is -2.14. The molecular weight excluding hydrogens is 233 g/mol. The van der Waals surface area contributed by atoms with Gasteiger partial charge in [-0.1, -0.05) is 23.4 Å². The van der Waals surface area contributed by atoms with Crippen LogP contribution in [-0.4, -0.2) is 17.1 Å². The maximum atomic E-state index is 13.2. The summed E-state index contributed by atoms with van der Waals surface area (Å²) in [6.45, 7) is 0.568. The first-order chi connectivity index (χ1) is 8.70. The highest BCUT2D eigenvalue weighted by Crippen LogP contribution is 2.14. The number of oxime groups is 1. The van der Waals surface area contributed by atoms with E-state index in [9.17, 15) is 4.39 Å². The molecule has 0 saturated heterocycles. The van der Waals surface area contributed by atoms with Crippen molar-refractivity contribution >= 4 is 5.84 Å². The Kier molecular flexibility index (Phi) is 3.94. The number of nitrogens with two attached hydrogens (primary N) is 1. The van der Waals surface area contributed by atoms with Gasteiger partial charge in [0.25, 0.3) is 0 Å². The second-order valence-electron chi connectivity index (χ2n) is 4.31. The molecule has 1 aromatic carbocycles. The molecule has 0 spiro atoms. The van der Waals surface area contributed by atoms with Crippen molar-refractivity contribution in [2.75, 3.05) is 0 Å². The molecule has 1 aromatic rings. The molecule has 5 heteroatoms. The van der Waals surface area contributed by atoms with E-state index in [1.165, 1.54) is 12.1 Å². The van der Waals surface area contributed by atoms with E-state index < -0.39 is 5.82 Å². The first kappa shape index (κ1) is 12.6. The molecule has 96 valence electrons. The quantitative estimate of drug-likeness (QED) is 0.250. The van der Waals surface area contributed by atoms with Gasteiger partial charge in [-0.3, -0.25) is 0 Å². The average Bonchev–Trinajstić information content (AvgIpc) is 2.89. The topological polar surface area (TPSA) is 70.6 Å². The summed E-state index contributed by atoms with van der Waals surface area (Å²) in [5, 5.41) is 15.0. The Balaban J connectivity index is 2.11. The van der Waals surface area contributed by atoms with Crippen molar-refractivity contribution in [2.24, 2.45) is 10.9 Å². The monoisotopic (exact) mass is 249 g/mol. The number of nitrogens with one attached hydrogen (secondary N) is 1. The number of benzene rings is 1. The summed E-state index contributed by atoms with van der Waals surface area (Å²) < 4.78 is 13.2. The number of nitrogens with zero attached hydrogens (tertiary/aromatic N) is 1. The van der Waals surface area contributed by atoms with E-state index in [0.717, 1.165) is 18.4 Å². The molecule has 0 amide bonds. The van der Waals surface area contributed by atoms with Crippen LogP contribution < -0.4 is 11.1 Å². The summed E-state index contributed by atoms with van der Waals surface area (Å²) in [6.07, 6.45) is 6.26. The standard InChI is InChI=1S/C13H16FN3O/c14-10-6-5-9(12(7-10)13(15)17-18)8-16-11-3-1-2-4-11/h1-2,5-7,11,16,18H,3-4,8H2,(H2,15,17). The zero-order valence-electron chi connectivity index (χ0n) is 9.94. The minimum absolute atomic E-state index is 0.0733. The minimum atomic E-state index is -0.400. The van der Waals surface area contributed by atoms with Gasteiger partial charge in [0.1, 0.15) is 5.82 Å². The van der Waals surface area contributed by atoms with Crippen molar-refractivity contribution in [1.29, 1.82) is 0 Å². The molecule has 0 aromatic heterocycles. The highest BCUT2D eigenvalue weighted by molar-refractivity contribution is 5.98. The Bertz CT molecular complexity index is 477. The Hall–Kier alpha value is -1.88. The largest absolute Gasteiger partial charge is 0.409 e. The van der Waals surface area contributed by atoms with Crippen LogP contribution in [0.4, 0.5) is 4.39 Å². The summed E-state index contributed by atoms with van der Waals surface area (Å²) in [7, 11) is 0. The summed E-state index contributed by atoms with van der Waals surface area (Å²) >= 11 is 0. The summed E-state index contributed by atoms with van der Waals surface area (Å²) in [6, 6.07) is 4.71. The van der Waals surface area contributed by atoms with Crippen LogP contribution in [0.25, 0.3) is 0 Å². The van der Waals surface area contributed by atoms with Gasteiger partial charge in [0.15, 0.2) is 5.84 Å². The highest BCUT2D eigenvalue weighted by Gasteiger charge is 2.12. The average molecular weight is 249 g/mol. The molecule has 18 heavy (non-hydrogen) atoms. The van der Waals surface area contributed by atoms with Crippen LogP contribution in [-0.2, 0) is 6.54 Å². The van der Waals surface area contributed by atoms with Crippen LogP contribution in [0.15, 0.2) is 35.5 Å². The molecule has 2 rings (SSSR count). The van der Waals surface area contributed by atoms with Crippen molar-refractivity contribution in [3.05, 3.63) is 47.3 Å². The summed E-state index contributed by atoms with van der Waals surface area (Å²) in [5.74, 6) is -0.473. The Labute approximate surface area is 105 Å². The molecule has 0 aliphatic heterocycles. The first-order valence-electron chi connectivity index (χ1n) is 5.85. The molecule has 1 aliphatic carbocycles. The summed E-state index contributed by atoms with van der Waals surface area (Å²) in [5.41, 5.74) is 6.79. The van der Waals surface area contributed by atoms with Gasteiger partial charge >= 0.3 is 0 Å². The molecule has 4 nitrogen and oxygen atoms in total. The fourth-order valence-corrected chi connectivity index (χ4v) is 2.03. The Morgan fingerprint density at radius 3 is 2.83 bits per heavy atom. The number of halogens is 1. The first-order valence-corrected chi connectivity index (χ1v) is 5.85. The van der Waals surface area contributed by atoms with Gasteiger partial charge in [0.2, 0.25) is 0 Å². The third-order valence-corrected chi connectivity index (χ3v) is 3.04. The highest BCUT2D eigenvalue weighted by atomic mass is 19.1. The van der Waals surface area contributed by atoms with Crippen molar-refractivity contribution in [2.45, 2.75) is 25.4 Å². The third-order valence-electron chi connectivity index (χ3n) is 3.04. The van der Waals surface area contributed by atoms with Gasteiger partial charge in [0.05, 0.1) is 0 Å². The molecule has 0 heterocycles. The van der Waals surface area contributed by atoms with E-state index >= 15 is 0 Å². The van der Waals surface area contributed by atoms with Crippen LogP contribution >= 0.6 is 0 Å². The smallest absolute Gasteiger partial charge is 0.170 e. The number of amidine groups is 1. The molecular formula is C13H16FN3O. The number of rotatable bonds is 4. The molecule has 1 aliphatic rings. The van der Waals surface area contributed by atoms with Gasteiger partial charge in [-0.05, 0) is 30.5 Å². The molecule has 0 radical (unpaired) electrons. The molecule has 0 bridgehead atoms. The maximum Gasteiger partial charge on any atom is 0.170 e. The van der Waals surface area contributed by atoms with Crippen LogP contribution in [0.2, 0.25) is 0 Å². The Morgan fingerprint density at radius 2 is 2.17 bits per heavy atom. The molecule has 0 unspecified atom stereocenters. The van der Waals surface area contributed by atoms with Crippen LogP contribution in [0.1, 0.15) is 24.0 Å². The van der Waals surface area contributed by atoms with Gasteiger partial charge in [-0.25, -0.2) is 4.39 Å². The second-order valence-corrected chi connectivity index (χ2v) is 4.31. The normalized spacial score (nSPS) is 16.4.